The molecule has 0 saturated carbocycles. The summed E-state index contributed by atoms with van der Waals surface area (Å²) in [6.45, 7) is -0.0574. The van der Waals surface area contributed by atoms with E-state index in [1.165, 1.54) is 37.8 Å². The zero-order chi connectivity index (χ0) is 18.7. The summed E-state index contributed by atoms with van der Waals surface area (Å²) in [4.78, 5) is 11.4. The molecule has 0 fully saturated rings. The van der Waals surface area contributed by atoms with Crippen LogP contribution < -0.4 is 15.2 Å². The van der Waals surface area contributed by atoms with Crippen LogP contribution in [0.1, 0.15) is 16.1 Å². The summed E-state index contributed by atoms with van der Waals surface area (Å²) in [5.74, 6) is 0.406. The number of ether oxygens (including phenoxy) is 1. The van der Waals surface area contributed by atoms with E-state index in [1.807, 2.05) is 0 Å². The zero-order valence-electron chi connectivity index (χ0n) is 13.8. The van der Waals surface area contributed by atoms with Gasteiger partial charge in [-0.1, -0.05) is 0 Å². The van der Waals surface area contributed by atoms with E-state index in [2.05, 4.69) is 4.72 Å². The zero-order valence-corrected chi connectivity index (χ0v) is 14.6. The largest absolute Gasteiger partial charge is 0.496 e. The summed E-state index contributed by atoms with van der Waals surface area (Å²) in [5, 5.41) is 0. The minimum atomic E-state index is -3.88. The van der Waals surface area contributed by atoms with Crippen molar-refractivity contribution >= 4 is 15.9 Å². The number of sulfonamides is 1. The van der Waals surface area contributed by atoms with Crippen molar-refractivity contribution in [2.45, 2.75) is 11.4 Å². The summed E-state index contributed by atoms with van der Waals surface area (Å²) < 4.78 is 42.9. The minimum absolute atomic E-state index is 0.0179. The topological polar surface area (TPSA) is 125 Å². The average molecular weight is 376 g/mol. The van der Waals surface area contributed by atoms with Crippen molar-refractivity contribution < 1.29 is 26.8 Å². The quantitative estimate of drug-likeness (QED) is 0.651. The van der Waals surface area contributed by atoms with Crippen molar-refractivity contribution in [2.75, 3.05) is 7.11 Å². The normalized spacial score (nSPS) is 11.4. The maximum atomic E-state index is 12.5. The summed E-state index contributed by atoms with van der Waals surface area (Å²) in [6.07, 6.45) is 3.04. The molecular formula is C17H16N2O6S. The van der Waals surface area contributed by atoms with Gasteiger partial charge >= 0.3 is 0 Å². The molecule has 9 heteroatoms. The number of carbonyl (C=O) groups is 1. The molecule has 3 rings (SSSR count). The smallest absolute Gasteiger partial charge is 0.252 e. The Labute approximate surface area is 149 Å². The van der Waals surface area contributed by atoms with E-state index in [0.29, 0.717) is 11.5 Å². The SMILES string of the molecule is COc1ccc(S(=O)(=O)NCc2ccc(-c3ccoc3)o2)cc1C(N)=O. The van der Waals surface area contributed by atoms with Crippen molar-refractivity contribution in [3.05, 3.63) is 60.2 Å². The molecule has 0 saturated heterocycles. The highest BCUT2D eigenvalue weighted by Crippen LogP contribution is 2.24. The molecule has 0 bridgehead atoms. The van der Waals surface area contributed by atoms with Gasteiger partial charge in [0, 0.05) is 0 Å². The van der Waals surface area contributed by atoms with Gasteiger partial charge in [-0.3, -0.25) is 4.79 Å². The monoisotopic (exact) mass is 376 g/mol. The number of amides is 1. The average Bonchev–Trinajstić information content (AvgIpc) is 3.30. The van der Waals surface area contributed by atoms with Crippen LogP contribution in [-0.2, 0) is 16.6 Å². The number of hydrogen-bond donors (Lipinski definition) is 2. The van der Waals surface area contributed by atoms with Crippen LogP contribution in [0, 0.1) is 0 Å². The Morgan fingerprint density at radius 3 is 2.69 bits per heavy atom. The van der Waals surface area contributed by atoms with Gasteiger partial charge in [0.25, 0.3) is 5.91 Å². The van der Waals surface area contributed by atoms with E-state index in [9.17, 15) is 13.2 Å². The molecule has 8 nitrogen and oxygen atoms in total. The molecule has 3 N–H and O–H groups in total. The summed E-state index contributed by atoms with van der Waals surface area (Å²) >= 11 is 0. The maximum Gasteiger partial charge on any atom is 0.252 e. The second-order valence-electron chi connectivity index (χ2n) is 5.33. The van der Waals surface area contributed by atoms with Crippen LogP contribution >= 0.6 is 0 Å². The van der Waals surface area contributed by atoms with Gasteiger partial charge in [0.2, 0.25) is 10.0 Å². The Bertz CT molecular complexity index is 1020. The summed E-state index contributed by atoms with van der Waals surface area (Å²) in [7, 11) is -2.51. The fourth-order valence-corrected chi connectivity index (χ4v) is 3.35. The lowest BCUT2D eigenvalue weighted by Gasteiger charge is -2.09. The van der Waals surface area contributed by atoms with Crippen LogP contribution in [0.2, 0.25) is 0 Å². The lowest BCUT2D eigenvalue weighted by atomic mass is 10.2. The molecule has 0 radical (unpaired) electrons. The molecular weight excluding hydrogens is 360 g/mol. The Morgan fingerprint density at radius 1 is 1.23 bits per heavy atom. The maximum absolute atomic E-state index is 12.5. The molecule has 2 aromatic heterocycles. The van der Waals surface area contributed by atoms with Crippen molar-refractivity contribution in [3.8, 4) is 17.1 Å². The van der Waals surface area contributed by atoms with Crippen molar-refractivity contribution in [2.24, 2.45) is 5.73 Å². The fourth-order valence-electron chi connectivity index (χ4n) is 2.33. The Balaban J connectivity index is 1.77. The van der Waals surface area contributed by atoms with Gasteiger partial charge in [0.1, 0.15) is 23.5 Å². The van der Waals surface area contributed by atoms with Gasteiger partial charge in [-0.05, 0) is 36.4 Å². The Hall–Kier alpha value is -3.04. The van der Waals surface area contributed by atoms with Crippen LogP contribution in [0.4, 0.5) is 0 Å². The first-order chi connectivity index (χ1) is 12.4. The molecule has 2 heterocycles. The molecule has 0 aliphatic heterocycles. The van der Waals surface area contributed by atoms with Gasteiger partial charge in [0.05, 0.1) is 35.9 Å². The van der Waals surface area contributed by atoms with Crippen LogP contribution in [0.25, 0.3) is 11.3 Å². The number of hydrogen-bond acceptors (Lipinski definition) is 6. The molecule has 136 valence electrons. The molecule has 0 unspecified atom stereocenters. The van der Waals surface area contributed by atoms with Crippen LogP contribution in [0.15, 0.2) is 62.7 Å². The lowest BCUT2D eigenvalue weighted by molar-refractivity contribution is 0.0997. The molecule has 0 atom stereocenters. The lowest BCUT2D eigenvalue weighted by Crippen LogP contribution is -2.23. The van der Waals surface area contributed by atoms with E-state index < -0.39 is 15.9 Å². The predicted octanol–water partition coefficient (Wildman–Crippen LogP) is 2.13. The molecule has 0 aliphatic rings. The van der Waals surface area contributed by atoms with E-state index in [0.717, 1.165) is 5.56 Å². The molecule has 1 aromatic carbocycles. The van der Waals surface area contributed by atoms with Gasteiger partial charge in [-0.15, -0.1) is 0 Å². The highest BCUT2D eigenvalue weighted by molar-refractivity contribution is 7.89. The number of benzene rings is 1. The summed E-state index contributed by atoms with van der Waals surface area (Å²) in [6, 6.07) is 8.98. The van der Waals surface area contributed by atoms with E-state index in [4.69, 9.17) is 19.3 Å². The van der Waals surface area contributed by atoms with E-state index in [1.54, 1.807) is 18.2 Å². The van der Waals surface area contributed by atoms with Crippen LogP contribution in [-0.4, -0.2) is 21.4 Å². The number of primary amides is 1. The molecule has 0 aliphatic carbocycles. The molecule has 26 heavy (non-hydrogen) atoms. The second-order valence-corrected chi connectivity index (χ2v) is 7.10. The Morgan fingerprint density at radius 2 is 2.04 bits per heavy atom. The van der Waals surface area contributed by atoms with Gasteiger partial charge < -0.3 is 19.3 Å². The van der Waals surface area contributed by atoms with Crippen molar-refractivity contribution in [3.63, 3.8) is 0 Å². The van der Waals surface area contributed by atoms with Crippen molar-refractivity contribution in [1.29, 1.82) is 0 Å². The van der Waals surface area contributed by atoms with E-state index >= 15 is 0 Å². The second kappa shape index (κ2) is 7.06. The first-order valence-electron chi connectivity index (χ1n) is 7.49. The van der Waals surface area contributed by atoms with Crippen molar-refractivity contribution in [1.82, 2.24) is 4.72 Å². The van der Waals surface area contributed by atoms with Gasteiger partial charge in [-0.25, -0.2) is 13.1 Å². The minimum Gasteiger partial charge on any atom is -0.496 e. The number of furan rings is 2. The molecule has 0 spiro atoms. The highest BCUT2D eigenvalue weighted by atomic mass is 32.2. The van der Waals surface area contributed by atoms with Crippen LogP contribution in [0.5, 0.6) is 5.75 Å². The number of nitrogens with two attached hydrogens (primary N) is 1. The van der Waals surface area contributed by atoms with Gasteiger partial charge in [0.15, 0.2) is 0 Å². The third-order valence-electron chi connectivity index (χ3n) is 3.65. The number of methoxy groups -OCH3 is 1. The summed E-state index contributed by atoms with van der Waals surface area (Å²) in [5.41, 5.74) is 5.99. The first-order valence-corrected chi connectivity index (χ1v) is 8.98. The predicted molar refractivity (Wildman–Crippen MR) is 91.9 cm³/mol. The third kappa shape index (κ3) is 3.63. The third-order valence-corrected chi connectivity index (χ3v) is 5.05. The number of nitrogens with one attached hydrogen (secondary N) is 1. The van der Waals surface area contributed by atoms with Crippen LogP contribution in [0.3, 0.4) is 0 Å². The fraction of sp³-hybridized carbons (Fsp3) is 0.118. The first kappa shape index (κ1) is 17.8. The number of carbonyl (C=O) groups excluding carboxylic acids is 1. The molecule has 3 aromatic rings. The number of rotatable bonds is 7. The standard InChI is InChI=1S/C17H16N2O6S/c1-23-16-5-3-13(8-14(16)17(18)20)26(21,22)19-9-12-2-4-15(25-12)11-6-7-24-10-11/h2-8,10,19H,9H2,1H3,(H2,18,20). The molecule has 1 amide bonds. The highest BCUT2D eigenvalue weighted by Gasteiger charge is 2.19. The van der Waals surface area contributed by atoms with Gasteiger partial charge in [-0.2, -0.15) is 0 Å². The van der Waals surface area contributed by atoms with E-state index in [-0.39, 0.29) is 22.8 Å². The Kier molecular flexibility index (Phi) is 4.83.